The Morgan fingerprint density at radius 2 is 1.00 bits per heavy atom. The van der Waals surface area contributed by atoms with Crippen molar-refractivity contribution in [2.45, 2.75) is 100.0 Å². The number of amides is 1. The SMILES string of the molecule is CC(NC(=O)C1CC2CC1C(C)C2C)C(=O)O.CC1C2CC(C(=O)OCCOCCO)C(C2)C1C.CCOCCOC(=O)C1CC2CC1C(C)C2C. The minimum absolute atomic E-state index is 0.00965. The molecule has 11 nitrogen and oxygen atoms in total. The Bertz CT molecular complexity index is 1190. The molecule has 6 fully saturated rings. The second-order valence-corrected chi connectivity index (χ2v) is 17.1. The number of aliphatic carboxylic acids is 1. The van der Waals surface area contributed by atoms with Crippen LogP contribution in [0.1, 0.15) is 93.9 Å². The van der Waals surface area contributed by atoms with E-state index < -0.39 is 12.0 Å². The minimum atomic E-state index is -0.970. The number of carbonyl (C=O) groups is 4. The van der Waals surface area contributed by atoms with Crippen molar-refractivity contribution in [3.05, 3.63) is 0 Å². The van der Waals surface area contributed by atoms with E-state index in [0.29, 0.717) is 92.9 Å². The van der Waals surface area contributed by atoms with Gasteiger partial charge in [0.25, 0.3) is 0 Å². The average Bonchev–Trinajstić information content (AvgIpc) is 3.97. The number of aliphatic hydroxyl groups excluding tert-OH is 1. The lowest BCUT2D eigenvalue weighted by atomic mass is 9.75. The first-order valence-electron chi connectivity index (χ1n) is 20.3. The van der Waals surface area contributed by atoms with Crippen molar-refractivity contribution in [2.24, 2.45) is 88.8 Å². The molecule has 6 aliphatic rings. The molecule has 52 heavy (non-hydrogen) atoms. The fraction of sp³-hybridized carbons (Fsp3) is 0.902. The number of fused-ring (bicyclic) bond motifs is 6. The maximum atomic E-state index is 12.0. The zero-order valence-electron chi connectivity index (χ0n) is 33.1. The highest BCUT2D eigenvalue weighted by molar-refractivity contribution is 5.85. The van der Waals surface area contributed by atoms with Gasteiger partial charge in [0.1, 0.15) is 19.3 Å². The van der Waals surface area contributed by atoms with Crippen molar-refractivity contribution < 1.29 is 48.3 Å². The number of carbonyl (C=O) groups excluding carboxylic acids is 3. The summed E-state index contributed by atoms with van der Waals surface area (Å²) in [6.45, 7) is 19.7. The number of hydrogen-bond acceptors (Lipinski definition) is 9. The standard InChI is InChI=1S/C14H24O4.C14H24O3.C13H21NO3/c1-9-10(2)12-7-11(9)8-13(12)14(16)18-6-5-17-4-3-15;1-4-16-5-6-17-14(15)13-8-11-7-12(13)10(3)9(11)2;1-6-7(2)10-4-9(6)5-11(10)12(15)14-8(3)13(16)17/h9-13,15H,3-8H2,1-2H3;9-13H,4-8H2,1-3H3;6-11H,4-5H2,1-3H3,(H,14,15)(H,16,17). The van der Waals surface area contributed by atoms with Gasteiger partial charge in [-0.05, 0) is 123 Å². The number of rotatable bonds is 14. The zero-order chi connectivity index (χ0) is 38.3. The van der Waals surface area contributed by atoms with Gasteiger partial charge < -0.3 is 34.5 Å². The summed E-state index contributed by atoms with van der Waals surface area (Å²) in [5, 5.41) is 19.9. The Morgan fingerprint density at radius 3 is 1.37 bits per heavy atom. The highest BCUT2D eigenvalue weighted by atomic mass is 16.6. The van der Waals surface area contributed by atoms with Crippen LogP contribution >= 0.6 is 0 Å². The number of carboxylic acid groups (broad SMARTS) is 1. The lowest BCUT2D eigenvalue weighted by Crippen LogP contribution is -2.44. The first-order valence-corrected chi connectivity index (χ1v) is 20.3. The molecule has 3 N–H and O–H groups in total. The van der Waals surface area contributed by atoms with Gasteiger partial charge in [-0.15, -0.1) is 0 Å². The summed E-state index contributed by atoms with van der Waals surface area (Å²) in [5.41, 5.74) is 0. The van der Waals surface area contributed by atoms with E-state index in [2.05, 4.69) is 46.9 Å². The maximum Gasteiger partial charge on any atom is 0.325 e. The predicted octanol–water partition coefficient (Wildman–Crippen LogP) is 5.46. The number of ether oxygens (including phenoxy) is 4. The largest absolute Gasteiger partial charge is 0.480 e. The van der Waals surface area contributed by atoms with Crippen molar-refractivity contribution in [3.63, 3.8) is 0 Å². The molecule has 1 amide bonds. The monoisotopic (exact) mass is 735 g/mol. The van der Waals surface area contributed by atoms with Crippen LogP contribution in [0.15, 0.2) is 0 Å². The first kappa shape index (κ1) is 42.5. The highest BCUT2D eigenvalue weighted by Gasteiger charge is 2.53. The molecule has 0 heterocycles. The molecule has 6 saturated carbocycles. The van der Waals surface area contributed by atoms with E-state index in [9.17, 15) is 19.2 Å². The third-order valence-electron chi connectivity index (χ3n) is 14.7. The average molecular weight is 736 g/mol. The van der Waals surface area contributed by atoms with Gasteiger partial charge in [-0.25, -0.2) is 0 Å². The smallest absolute Gasteiger partial charge is 0.325 e. The molecular weight excluding hydrogens is 666 g/mol. The van der Waals surface area contributed by atoms with Crippen LogP contribution in [0.3, 0.4) is 0 Å². The lowest BCUT2D eigenvalue weighted by molar-refractivity contribution is -0.153. The third-order valence-corrected chi connectivity index (χ3v) is 14.7. The number of hydrogen-bond donors (Lipinski definition) is 3. The molecule has 16 unspecified atom stereocenters. The summed E-state index contributed by atoms with van der Waals surface area (Å²) in [5.74, 6) is 7.06. The van der Waals surface area contributed by atoms with Crippen molar-refractivity contribution >= 4 is 23.8 Å². The summed E-state index contributed by atoms with van der Waals surface area (Å²) in [6.07, 6.45) is 6.56. The molecule has 0 saturated heterocycles. The van der Waals surface area contributed by atoms with E-state index in [1.165, 1.54) is 19.8 Å². The summed E-state index contributed by atoms with van der Waals surface area (Å²) in [7, 11) is 0. The number of esters is 2. The van der Waals surface area contributed by atoms with Crippen molar-refractivity contribution in [2.75, 3.05) is 46.2 Å². The Balaban J connectivity index is 0.000000175. The normalized spacial score (nSPS) is 39.6. The van der Waals surface area contributed by atoms with E-state index >= 15 is 0 Å². The van der Waals surface area contributed by atoms with Crippen molar-refractivity contribution in [1.82, 2.24) is 5.32 Å². The van der Waals surface area contributed by atoms with E-state index in [0.717, 1.165) is 43.4 Å². The van der Waals surface area contributed by atoms with Gasteiger partial charge in [0.15, 0.2) is 0 Å². The number of carboxylic acids is 1. The molecule has 0 aromatic heterocycles. The van der Waals surface area contributed by atoms with Gasteiger partial charge in [-0.2, -0.15) is 0 Å². The summed E-state index contributed by atoms with van der Waals surface area (Å²) < 4.78 is 20.8. The Labute approximate surface area is 312 Å². The van der Waals surface area contributed by atoms with Crippen LogP contribution in [0.5, 0.6) is 0 Å². The van der Waals surface area contributed by atoms with Gasteiger partial charge in [0.2, 0.25) is 5.91 Å². The molecule has 0 aromatic carbocycles. The molecule has 0 aliphatic heterocycles. The topological polar surface area (TPSA) is 158 Å². The molecule has 6 rings (SSSR count). The van der Waals surface area contributed by atoms with Crippen LogP contribution in [-0.4, -0.2) is 86.3 Å². The minimum Gasteiger partial charge on any atom is -0.480 e. The zero-order valence-corrected chi connectivity index (χ0v) is 33.1. The molecule has 11 heteroatoms. The highest BCUT2D eigenvalue weighted by Crippen LogP contribution is 2.57. The second kappa shape index (κ2) is 19.4. The summed E-state index contributed by atoms with van der Waals surface area (Å²) >= 11 is 0. The van der Waals surface area contributed by atoms with Crippen LogP contribution < -0.4 is 5.32 Å². The fourth-order valence-corrected chi connectivity index (χ4v) is 11.0. The van der Waals surface area contributed by atoms with Crippen LogP contribution in [-0.2, 0) is 38.1 Å². The van der Waals surface area contributed by atoms with E-state index in [-0.39, 0.29) is 42.2 Å². The van der Waals surface area contributed by atoms with Gasteiger partial charge in [-0.3, -0.25) is 19.2 Å². The molecule has 16 atom stereocenters. The third kappa shape index (κ3) is 9.89. The van der Waals surface area contributed by atoms with E-state index in [4.69, 9.17) is 29.2 Å². The second-order valence-electron chi connectivity index (χ2n) is 17.1. The summed E-state index contributed by atoms with van der Waals surface area (Å²) in [4.78, 5) is 46.7. The van der Waals surface area contributed by atoms with Crippen LogP contribution in [0.2, 0.25) is 0 Å². The van der Waals surface area contributed by atoms with Crippen LogP contribution in [0.4, 0.5) is 0 Å². The molecule has 298 valence electrons. The number of nitrogens with one attached hydrogen (secondary N) is 1. The van der Waals surface area contributed by atoms with Gasteiger partial charge in [0.05, 0.1) is 38.3 Å². The molecule has 0 aromatic rings. The first-order chi connectivity index (χ1) is 24.7. The molecular formula is C41H69NO10. The van der Waals surface area contributed by atoms with E-state index in [1.54, 1.807) is 0 Å². The van der Waals surface area contributed by atoms with Crippen LogP contribution in [0.25, 0.3) is 0 Å². The Kier molecular flexibility index (Phi) is 15.8. The Morgan fingerprint density at radius 1 is 0.596 bits per heavy atom. The molecule has 0 spiro atoms. The van der Waals surface area contributed by atoms with Gasteiger partial charge >= 0.3 is 17.9 Å². The predicted molar refractivity (Wildman–Crippen MR) is 196 cm³/mol. The van der Waals surface area contributed by atoms with Gasteiger partial charge in [0, 0.05) is 12.5 Å². The Hall–Kier alpha value is -2.24. The lowest BCUT2D eigenvalue weighted by Gasteiger charge is -2.31. The van der Waals surface area contributed by atoms with Crippen LogP contribution in [0, 0.1) is 88.8 Å². The molecule has 6 bridgehead atoms. The molecule has 0 radical (unpaired) electrons. The number of aliphatic hydroxyl groups is 1. The summed E-state index contributed by atoms with van der Waals surface area (Å²) in [6, 6.07) is -0.783. The van der Waals surface area contributed by atoms with Crippen molar-refractivity contribution in [1.29, 1.82) is 0 Å². The van der Waals surface area contributed by atoms with E-state index in [1.807, 2.05) is 6.92 Å². The molecule has 6 aliphatic carbocycles. The maximum absolute atomic E-state index is 12.0. The quantitative estimate of drug-likeness (QED) is 0.155. The van der Waals surface area contributed by atoms with Crippen molar-refractivity contribution in [3.8, 4) is 0 Å². The fourth-order valence-electron chi connectivity index (χ4n) is 11.0. The van der Waals surface area contributed by atoms with Gasteiger partial charge in [-0.1, -0.05) is 41.5 Å².